The molecule has 136 valence electrons. The highest BCUT2D eigenvalue weighted by Gasteiger charge is 2.40. The SMILES string of the molecule is CCCc1nnc(NC[C@H]2C[C@@H](CO)N(C)[C@H]2c2ccccc2F)o1. The normalized spacial score (nSPS) is 23.9. The summed E-state index contributed by atoms with van der Waals surface area (Å²) in [5, 5.41) is 20.8. The Kier molecular flexibility index (Phi) is 5.65. The number of nitrogens with one attached hydrogen (secondary N) is 1. The molecule has 6 nitrogen and oxygen atoms in total. The van der Waals surface area contributed by atoms with Gasteiger partial charge in [0.1, 0.15) is 5.82 Å². The van der Waals surface area contributed by atoms with Crippen molar-refractivity contribution in [3.8, 4) is 0 Å². The van der Waals surface area contributed by atoms with Gasteiger partial charge in [0.2, 0.25) is 5.89 Å². The molecule has 1 aromatic heterocycles. The summed E-state index contributed by atoms with van der Waals surface area (Å²) in [6, 6.07) is 7.13. The Bertz CT molecular complexity index is 693. The van der Waals surface area contributed by atoms with Crippen LogP contribution in [0.4, 0.5) is 10.4 Å². The van der Waals surface area contributed by atoms with Gasteiger partial charge in [-0.1, -0.05) is 30.2 Å². The summed E-state index contributed by atoms with van der Waals surface area (Å²) in [4.78, 5) is 2.06. The second kappa shape index (κ2) is 7.93. The average molecular weight is 348 g/mol. The number of rotatable bonds is 7. The van der Waals surface area contributed by atoms with Crippen LogP contribution in [0.2, 0.25) is 0 Å². The summed E-state index contributed by atoms with van der Waals surface area (Å²) in [6.45, 7) is 2.69. The minimum absolute atomic E-state index is 0.00902. The molecule has 0 saturated carbocycles. The number of likely N-dealkylation sites (tertiary alicyclic amines) is 1. The van der Waals surface area contributed by atoms with Gasteiger partial charge >= 0.3 is 6.01 Å². The lowest BCUT2D eigenvalue weighted by atomic mass is 9.93. The molecule has 3 atom stereocenters. The lowest BCUT2D eigenvalue weighted by Gasteiger charge is -2.27. The molecule has 1 aliphatic heterocycles. The first kappa shape index (κ1) is 17.8. The third kappa shape index (κ3) is 3.82. The van der Waals surface area contributed by atoms with E-state index in [-0.39, 0.29) is 30.4 Å². The van der Waals surface area contributed by atoms with E-state index in [0.29, 0.717) is 24.0 Å². The van der Waals surface area contributed by atoms with Crippen LogP contribution in [0.25, 0.3) is 0 Å². The minimum Gasteiger partial charge on any atom is -0.408 e. The molecule has 1 fully saturated rings. The van der Waals surface area contributed by atoms with Gasteiger partial charge in [0.05, 0.1) is 6.61 Å². The van der Waals surface area contributed by atoms with Crippen molar-refractivity contribution in [2.24, 2.45) is 5.92 Å². The van der Waals surface area contributed by atoms with Crippen LogP contribution in [-0.2, 0) is 6.42 Å². The maximum absolute atomic E-state index is 14.3. The fourth-order valence-corrected chi connectivity index (χ4v) is 3.65. The Hall–Kier alpha value is -1.99. The van der Waals surface area contributed by atoms with E-state index >= 15 is 0 Å². The van der Waals surface area contributed by atoms with Gasteiger partial charge in [-0.3, -0.25) is 4.90 Å². The van der Waals surface area contributed by atoms with Gasteiger partial charge in [0.15, 0.2) is 0 Å². The van der Waals surface area contributed by atoms with Crippen molar-refractivity contribution in [1.82, 2.24) is 15.1 Å². The van der Waals surface area contributed by atoms with Crippen molar-refractivity contribution in [2.45, 2.75) is 38.3 Å². The van der Waals surface area contributed by atoms with Crippen LogP contribution in [0, 0.1) is 11.7 Å². The number of likely N-dealkylation sites (N-methyl/N-ethyl adjacent to an activating group) is 1. The largest absolute Gasteiger partial charge is 0.408 e. The van der Waals surface area contributed by atoms with Crippen molar-refractivity contribution < 1.29 is 13.9 Å². The van der Waals surface area contributed by atoms with Crippen LogP contribution in [0.1, 0.15) is 37.3 Å². The Morgan fingerprint density at radius 1 is 1.36 bits per heavy atom. The highest BCUT2D eigenvalue weighted by atomic mass is 19.1. The highest BCUT2D eigenvalue weighted by Crippen LogP contribution is 2.40. The molecule has 0 bridgehead atoms. The summed E-state index contributed by atoms with van der Waals surface area (Å²) in [5.74, 6) is 0.527. The molecule has 1 aromatic carbocycles. The molecule has 0 aliphatic carbocycles. The maximum Gasteiger partial charge on any atom is 0.315 e. The van der Waals surface area contributed by atoms with Crippen LogP contribution in [0.3, 0.4) is 0 Å². The summed E-state index contributed by atoms with van der Waals surface area (Å²) in [5.41, 5.74) is 0.657. The molecule has 0 spiro atoms. The number of aromatic nitrogens is 2. The zero-order valence-corrected chi connectivity index (χ0v) is 14.7. The second-order valence-corrected chi connectivity index (χ2v) is 6.60. The molecule has 25 heavy (non-hydrogen) atoms. The fourth-order valence-electron chi connectivity index (χ4n) is 3.65. The molecule has 0 radical (unpaired) electrons. The lowest BCUT2D eigenvalue weighted by Crippen LogP contribution is -2.31. The standard InChI is InChI=1S/C18H25FN4O2/c1-3-6-16-21-22-18(25-16)20-10-12-9-13(11-24)23(2)17(12)14-7-4-5-8-15(14)19/h4-5,7-8,12-13,17,24H,3,6,9-11H2,1-2H3,(H,20,22)/t12-,13+,17-/m1/s1. The van der Waals surface area contributed by atoms with Gasteiger partial charge in [0.25, 0.3) is 0 Å². The third-order valence-corrected chi connectivity index (χ3v) is 4.92. The van der Waals surface area contributed by atoms with Gasteiger partial charge in [-0.15, -0.1) is 5.10 Å². The van der Waals surface area contributed by atoms with Gasteiger partial charge in [-0.2, -0.15) is 0 Å². The highest BCUT2D eigenvalue weighted by molar-refractivity contribution is 5.25. The molecule has 2 aromatic rings. The first-order valence-electron chi connectivity index (χ1n) is 8.77. The van der Waals surface area contributed by atoms with Crippen LogP contribution in [0.15, 0.2) is 28.7 Å². The second-order valence-electron chi connectivity index (χ2n) is 6.60. The van der Waals surface area contributed by atoms with E-state index in [0.717, 1.165) is 19.3 Å². The maximum atomic E-state index is 14.3. The summed E-state index contributed by atoms with van der Waals surface area (Å²) < 4.78 is 19.9. The first-order valence-corrected chi connectivity index (χ1v) is 8.77. The number of anilines is 1. The first-order chi connectivity index (χ1) is 12.1. The Labute approximate surface area is 147 Å². The topological polar surface area (TPSA) is 74.4 Å². The summed E-state index contributed by atoms with van der Waals surface area (Å²) in [7, 11) is 1.93. The van der Waals surface area contributed by atoms with Crippen LogP contribution in [-0.4, -0.2) is 46.4 Å². The molecule has 7 heteroatoms. The van der Waals surface area contributed by atoms with E-state index in [1.807, 2.05) is 19.2 Å². The molecule has 2 N–H and O–H groups in total. The lowest BCUT2D eigenvalue weighted by molar-refractivity contribution is 0.151. The average Bonchev–Trinajstić information content (AvgIpc) is 3.18. The molecular weight excluding hydrogens is 323 g/mol. The van der Waals surface area contributed by atoms with E-state index < -0.39 is 0 Å². The van der Waals surface area contributed by atoms with Crippen molar-refractivity contribution in [3.63, 3.8) is 0 Å². The third-order valence-electron chi connectivity index (χ3n) is 4.92. The quantitative estimate of drug-likeness (QED) is 0.801. The molecule has 3 rings (SSSR count). The van der Waals surface area contributed by atoms with Crippen LogP contribution >= 0.6 is 0 Å². The molecular formula is C18H25FN4O2. The van der Waals surface area contributed by atoms with Crippen LogP contribution in [0.5, 0.6) is 0 Å². The predicted molar refractivity (Wildman–Crippen MR) is 92.7 cm³/mol. The number of nitrogens with zero attached hydrogens (tertiary/aromatic N) is 3. The van der Waals surface area contributed by atoms with E-state index in [4.69, 9.17) is 4.42 Å². The zero-order chi connectivity index (χ0) is 17.8. The van der Waals surface area contributed by atoms with E-state index in [1.165, 1.54) is 6.07 Å². The Balaban J connectivity index is 1.74. The van der Waals surface area contributed by atoms with Crippen molar-refractivity contribution >= 4 is 6.01 Å². The number of aliphatic hydroxyl groups excluding tert-OH is 1. The monoisotopic (exact) mass is 348 g/mol. The number of hydrogen-bond acceptors (Lipinski definition) is 6. The summed E-state index contributed by atoms with van der Waals surface area (Å²) >= 11 is 0. The zero-order valence-electron chi connectivity index (χ0n) is 14.7. The number of aliphatic hydroxyl groups is 1. The Morgan fingerprint density at radius 2 is 2.16 bits per heavy atom. The number of hydrogen-bond donors (Lipinski definition) is 2. The number of aryl methyl sites for hydroxylation is 1. The molecule has 1 saturated heterocycles. The smallest absolute Gasteiger partial charge is 0.315 e. The number of halogens is 1. The van der Waals surface area contributed by atoms with Gasteiger partial charge < -0.3 is 14.8 Å². The molecule has 2 heterocycles. The molecule has 0 unspecified atom stereocenters. The molecule has 0 amide bonds. The predicted octanol–water partition coefficient (Wildman–Crippen LogP) is 2.63. The van der Waals surface area contributed by atoms with Crippen molar-refractivity contribution in [3.05, 3.63) is 41.5 Å². The molecule has 1 aliphatic rings. The minimum atomic E-state index is -0.217. The van der Waals surface area contributed by atoms with Gasteiger partial charge in [0, 0.05) is 30.6 Å². The van der Waals surface area contributed by atoms with Gasteiger partial charge in [-0.05, 0) is 31.9 Å². The van der Waals surface area contributed by atoms with Crippen molar-refractivity contribution in [1.29, 1.82) is 0 Å². The summed E-state index contributed by atoms with van der Waals surface area (Å²) in [6.07, 6.45) is 2.48. The number of benzene rings is 1. The van der Waals surface area contributed by atoms with Gasteiger partial charge in [-0.25, -0.2) is 4.39 Å². The van der Waals surface area contributed by atoms with E-state index in [1.54, 1.807) is 6.07 Å². The Morgan fingerprint density at radius 3 is 2.88 bits per heavy atom. The van der Waals surface area contributed by atoms with E-state index in [2.05, 4.69) is 27.3 Å². The van der Waals surface area contributed by atoms with E-state index in [9.17, 15) is 9.50 Å². The fraction of sp³-hybridized carbons (Fsp3) is 0.556. The van der Waals surface area contributed by atoms with Crippen molar-refractivity contribution in [2.75, 3.05) is 25.5 Å². The van der Waals surface area contributed by atoms with Crippen LogP contribution < -0.4 is 5.32 Å².